The third-order valence-corrected chi connectivity index (χ3v) is 6.28. The highest BCUT2D eigenvalue weighted by atomic mass is 16.3. The van der Waals surface area contributed by atoms with Crippen LogP contribution in [-0.4, -0.2) is 56.0 Å². The summed E-state index contributed by atoms with van der Waals surface area (Å²) in [5.74, 6) is 0.575. The van der Waals surface area contributed by atoms with E-state index < -0.39 is 0 Å². The highest BCUT2D eigenvalue weighted by molar-refractivity contribution is 5.91. The summed E-state index contributed by atoms with van der Waals surface area (Å²) in [5, 5.41) is 4.18. The maximum atomic E-state index is 13.2. The molecule has 0 aliphatic carbocycles. The molecule has 0 N–H and O–H groups in total. The number of fused-ring (bicyclic) bond motifs is 1. The average molecular weight is 405 g/mol. The van der Waals surface area contributed by atoms with Crippen molar-refractivity contribution in [3.8, 4) is 0 Å². The van der Waals surface area contributed by atoms with Gasteiger partial charge in [0.15, 0.2) is 6.39 Å². The van der Waals surface area contributed by atoms with Gasteiger partial charge < -0.3 is 14.2 Å². The Morgan fingerprint density at radius 1 is 1.17 bits per heavy atom. The molecular formula is C22H23N5O3. The van der Waals surface area contributed by atoms with Crippen molar-refractivity contribution in [2.75, 3.05) is 19.6 Å². The van der Waals surface area contributed by atoms with Gasteiger partial charge in [-0.2, -0.15) is 5.10 Å². The molecule has 2 aromatic heterocycles. The van der Waals surface area contributed by atoms with E-state index in [0.717, 1.165) is 11.1 Å². The normalized spacial score (nSPS) is 23.0. The monoisotopic (exact) mass is 405 g/mol. The molecule has 1 aromatic carbocycles. The van der Waals surface area contributed by atoms with E-state index in [1.807, 2.05) is 28.0 Å². The number of aromatic nitrogens is 3. The second-order valence-electron chi connectivity index (χ2n) is 8.05. The Morgan fingerprint density at radius 3 is 2.77 bits per heavy atom. The molecule has 0 spiro atoms. The molecule has 154 valence electrons. The quantitative estimate of drug-likeness (QED) is 0.664. The van der Waals surface area contributed by atoms with Crippen molar-refractivity contribution in [2.24, 2.45) is 11.8 Å². The number of amides is 2. The third kappa shape index (κ3) is 3.18. The molecule has 2 aliphatic rings. The van der Waals surface area contributed by atoms with Crippen LogP contribution < -0.4 is 0 Å². The molecule has 8 nitrogen and oxygen atoms in total. The highest BCUT2D eigenvalue weighted by Crippen LogP contribution is 2.46. The van der Waals surface area contributed by atoms with Gasteiger partial charge in [-0.15, -0.1) is 0 Å². The molecule has 30 heavy (non-hydrogen) atoms. The van der Waals surface area contributed by atoms with E-state index in [1.165, 1.54) is 12.6 Å². The van der Waals surface area contributed by atoms with Crippen LogP contribution in [0.25, 0.3) is 0 Å². The Bertz CT molecular complexity index is 1050. The predicted octanol–water partition coefficient (Wildman–Crippen LogP) is 2.15. The van der Waals surface area contributed by atoms with Crippen LogP contribution in [0.4, 0.5) is 0 Å². The summed E-state index contributed by atoms with van der Waals surface area (Å²) in [7, 11) is 0. The molecule has 4 heterocycles. The number of aryl methyl sites for hydroxylation is 1. The highest BCUT2D eigenvalue weighted by Gasteiger charge is 2.50. The molecule has 0 saturated carbocycles. The lowest BCUT2D eigenvalue weighted by Crippen LogP contribution is -2.39. The first-order chi connectivity index (χ1) is 14.6. The minimum atomic E-state index is -0.139. The first-order valence-corrected chi connectivity index (χ1v) is 10.1. The minimum absolute atomic E-state index is 0.0504. The number of oxazole rings is 1. The second-order valence-corrected chi connectivity index (χ2v) is 8.05. The number of likely N-dealkylation sites (tertiary alicyclic amines) is 2. The molecule has 5 rings (SSSR count). The Hall–Kier alpha value is -3.42. The van der Waals surface area contributed by atoms with Gasteiger partial charge in [-0.05, 0) is 24.1 Å². The van der Waals surface area contributed by atoms with Crippen molar-refractivity contribution in [1.82, 2.24) is 24.6 Å². The summed E-state index contributed by atoms with van der Waals surface area (Å²) in [6, 6.07) is 9.95. The second kappa shape index (κ2) is 7.44. The number of hydrogen-bond donors (Lipinski definition) is 0. The van der Waals surface area contributed by atoms with Crippen molar-refractivity contribution in [2.45, 2.75) is 19.5 Å². The number of benzene rings is 1. The first-order valence-electron chi connectivity index (χ1n) is 10.1. The van der Waals surface area contributed by atoms with Crippen LogP contribution >= 0.6 is 0 Å². The van der Waals surface area contributed by atoms with Gasteiger partial charge in [0.2, 0.25) is 11.7 Å². The van der Waals surface area contributed by atoms with Gasteiger partial charge in [-0.25, -0.2) is 4.98 Å². The summed E-state index contributed by atoms with van der Waals surface area (Å²) in [4.78, 5) is 33.6. The average Bonchev–Trinajstić information content (AvgIpc) is 3.51. The molecule has 2 fully saturated rings. The van der Waals surface area contributed by atoms with Crippen molar-refractivity contribution >= 4 is 11.8 Å². The molecule has 0 bridgehead atoms. The summed E-state index contributed by atoms with van der Waals surface area (Å²) < 4.78 is 6.86. The fourth-order valence-corrected chi connectivity index (χ4v) is 4.89. The van der Waals surface area contributed by atoms with Crippen molar-refractivity contribution in [3.63, 3.8) is 0 Å². The van der Waals surface area contributed by atoms with Gasteiger partial charge in [-0.1, -0.05) is 24.3 Å². The molecule has 2 amide bonds. The molecule has 2 saturated heterocycles. The Balaban J connectivity index is 1.43. The minimum Gasteiger partial charge on any atom is -0.438 e. The SMILES string of the molecule is Cc1ccccc1[C@@H]1[C@H]2CN(C(=O)c3cnco3)C[C@H]2CN1C(=O)Cn1cccn1. The van der Waals surface area contributed by atoms with Crippen LogP contribution in [0.15, 0.2) is 59.7 Å². The van der Waals surface area contributed by atoms with E-state index in [0.29, 0.717) is 19.6 Å². The third-order valence-electron chi connectivity index (χ3n) is 6.28. The van der Waals surface area contributed by atoms with Gasteiger partial charge in [0, 0.05) is 43.9 Å². The maximum absolute atomic E-state index is 13.2. The number of carbonyl (C=O) groups excluding carboxylic acids is 2. The fraction of sp³-hybridized carbons (Fsp3) is 0.364. The molecule has 2 aliphatic heterocycles. The standard InChI is InChI=1S/C22H23N5O3/c1-15-5-2-3-6-17(15)21-18-12-25(22(29)19-9-23-14-30-19)10-16(18)11-27(21)20(28)13-26-8-4-7-24-26/h2-9,14,16,18,21H,10-13H2,1H3/t16-,18-,21+/m0/s1. The number of nitrogens with zero attached hydrogens (tertiary/aromatic N) is 5. The van der Waals surface area contributed by atoms with E-state index >= 15 is 0 Å². The lowest BCUT2D eigenvalue weighted by molar-refractivity contribution is -0.133. The summed E-state index contributed by atoms with van der Waals surface area (Å²) in [6.45, 7) is 4.12. The summed E-state index contributed by atoms with van der Waals surface area (Å²) >= 11 is 0. The van der Waals surface area contributed by atoms with Gasteiger partial charge in [-0.3, -0.25) is 14.3 Å². The Kier molecular flexibility index (Phi) is 4.61. The van der Waals surface area contributed by atoms with Crippen molar-refractivity contribution < 1.29 is 14.0 Å². The summed E-state index contributed by atoms with van der Waals surface area (Å²) in [5.41, 5.74) is 2.30. The lowest BCUT2D eigenvalue weighted by Gasteiger charge is -2.31. The van der Waals surface area contributed by atoms with E-state index in [-0.39, 0.29) is 42.0 Å². The summed E-state index contributed by atoms with van der Waals surface area (Å²) in [6.07, 6.45) is 6.21. The van der Waals surface area contributed by atoms with E-state index in [2.05, 4.69) is 29.1 Å². The molecule has 3 aromatic rings. The first kappa shape index (κ1) is 18.6. The zero-order chi connectivity index (χ0) is 20.7. The Labute approximate surface area is 174 Å². The van der Waals surface area contributed by atoms with E-state index in [4.69, 9.17) is 4.42 Å². The lowest BCUT2D eigenvalue weighted by atomic mass is 9.87. The van der Waals surface area contributed by atoms with Gasteiger partial charge >= 0.3 is 0 Å². The van der Waals surface area contributed by atoms with Crippen LogP contribution in [0.2, 0.25) is 0 Å². The van der Waals surface area contributed by atoms with Crippen LogP contribution in [0.1, 0.15) is 27.7 Å². The topological polar surface area (TPSA) is 84.5 Å². The predicted molar refractivity (Wildman–Crippen MR) is 107 cm³/mol. The van der Waals surface area contributed by atoms with Crippen molar-refractivity contribution in [1.29, 1.82) is 0 Å². The van der Waals surface area contributed by atoms with Crippen LogP contribution in [-0.2, 0) is 11.3 Å². The zero-order valence-corrected chi connectivity index (χ0v) is 16.7. The smallest absolute Gasteiger partial charge is 0.291 e. The van der Waals surface area contributed by atoms with E-state index in [9.17, 15) is 9.59 Å². The molecule has 3 atom stereocenters. The fourth-order valence-electron chi connectivity index (χ4n) is 4.89. The maximum Gasteiger partial charge on any atom is 0.291 e. The molecular weight excluding hydrogens is 382 g/mol. The number of rotatable bonds is 4. The largest absolute Gasteiger partial charge is 0.438 e. The molecule has 8 heteroatoms. The van der Waals surface area contributed by atoms with Crippen LogP contribution in [0.3, 0.4) is 0 Å². The van der Waals surface area contributed by atoms with Crippen LogP contribution in [0, 0.1) is 18.8 Å². The van der Waals surface area contributed by atoms with Crippen LogP contribution in [0.5, 0.6) is 0 Å². The van der Waals surface area contributed by atoms with Gasteiger partial charge in [0.05, 0.1) is 12.2 Å². The Morgan fingerprint density at radius 2 is 2.03 bits per heavy atom. The molecule has 0 unspecified atom stereocenters. The van der Waals surface area contributed by atoms with Gasteiger partial charge in [0.25, 0.3) is 5.91 Å². The van der Waals surface area contributed by atoms with Gasteiger partial charge in [0.1, 0.15) is 6.54 Å². The molecule has 0 radical (unpaired) electrons. The van der Waals surface area contributed by atoms with E-state index in [1.54, 1.807) is 17.1 Å². The zero-order valence-electron chi connectivity index (χ0n) is 16.7. The number of carbonyl (C=O) groups is 2. The van der Waals surface area contributed by atoms with Crippen molar-refractivity contribution in [3.05, 3.63) is 72.2 Å². The number of hydrogen-bond acceptors (Lipinski definition) is 5.